The molecule has 2 bridgehead atoms. The lowest BCUT2D eigenvalue weighted by atomic mass is 9.73. The van der Waals surface area contributed by atoms with Crippen LogP contribution in [0.1, 0.15) is 45.4 Å². The van der Waals surface area contributed by atoms with Gasteiger partial charge in [0, 0.05) is 50.6 Å². The van der Waals surface area contributed by atoms with Gasteiger partial charge < -0.3 is 10.0 Å². The molecule has 2 aromatic rings. The van der Waals surface area contributed by atoms with Gasteiger partial charge in [-0.15, -0.1) is 0 Å². The summed E-state index contributed by atoms with van der Waals surface area (Å²) >= 11 is 1.58. The number of hydrogen-bond acceptors (Lipinski definition) is 7. The van der Waals surface area contributed by atoms with Crippen LogP contribution in [0.5, 0.6) is 0 Å². The van der Waals surface area contributed by atoms with Gasteiger partial charge in [0.05, 0.1) is 22.1 Å². The first kappa shape index (κ1) is 24.0. The first-order valence-electron chi connectivity index (χ1n) is 14.3. The maximum absolute atomic E-state index is 13.5. The molecule has 2 saturated heterocycles. The molecular weight excluding hydrogens is 484 g/mol. The first-order valence-corrected chi connectivity index (χ1v) is 15.1. The molecule has 5 fully saturated rings. The highest BCUT2D eigenvalue weighted by Crippen LogP contribution is 2.60. The van der Waals surface area contributed by atoms with E-state index in [1.165, 1.54) is 29.3 Å². The Morgan fingerprint density at radius 1 is 1.00 bits per heavy atom. The zero-order valence-electron chi connectivity index (χ0n) is 21.7. The van der Waals surface area contributed by atoms with Crippen LogP contribution in [0.2, 0.25) is 0 Å². The van der Waals surface area contributed by atoms with E-state index in [9.17, 15) is 14.7 Å². The summed E-state index contributed by atoms with van der Waals surface area (Å²) in [5.74, 6) is 1.80. The minimum absolute atomic E-state index is 0.0101. The number of fused-ring (bicyclic) bond motifs is 6. The Morgan fingerprint density at radius 3 is 2.49 bits per heavy atom. The fraction of sp³-hybridized carbons (Fsp3) is 0.690. The minimum Gasteiger partial charge on any atom is -0.390 e. The highest BCUT2D eigenvalue weighted by molar-refractivity contribution is 7.13. The molecular formula is C29H38N4O3S. The van der Waals surface area contributed by atoms with Crippen molar-refractivity contribution in [1.82, 2.24) is 14.2 Å². The van der Waals surface area contributed by atoms with E-state index in [0.29, 0.717) is 24.8 Å². The van der Waals surface area contributed by atoms with Gasteiger partial charge in [0.15, 0.2) is 0 Å². The summed E-state index contributed by atoms with van der Waals surface area (Å²) in [7, 11) is 0. The molecule has 1 aromatic carbocycles. The molecule has 0 radical (unpaired) electrons. The van der Waals surface area contributed by atoms with Gasteiger partial charge in [-0.2, -0.15) is 4.37 Å². The Balaban J connectivity index is 0.991. The highest BCUT2D eigenvalue weighted by atomic mass is 32.1. The summed E-state index contributed by atoms with van der Waals surface area (Å²) in [6, 6.07) is 8.49. The Bertz CT molecular complexity index is 1200. The largest absolute Gasteiger partial charge is 0.390 e. The van der Waals surface area contributed by atoms with E-state index in [1.807, 2.05) is 6.92 Å². The second-order valence-corrected chi connectivity index (χ2v) is 13.4. The predicted octanol–water partition coefficient (Wildman–Crippen LogP) is 3.62. The number of rotatable bonds is 5. The van der Waals surface area contributed by atoms with Crippen LogP contribution >= 0.6 is 11.5 Å². The topological polar surface area (TPSA) is 77.0 Å². The van der Waals surface area contributed by atoms with E-state index in [0.717, 1.165) is 51.4 Å². The van der Waals surface area contributed by atoms with Crippen LogP contribution in [-0.4, -0.2) is 76.0 Å². The van der Waals surface area contributed by atoms with Crippen LogP contribution in [0.4, 0.5) is 5.82 Å². The molecule has 7 atom stereocenters. The lowest BCUT2D eigenvalue weighted by Crippen LogP contribution is -2.49. The monoisotopic (exact) mass is 522 g/mol. The van der Waals surface area contributed by atoms with Crippen LogP contribution in [0.3, 0.4) is 0 Å². The Kier molecular flexibility index (Phi) is 5.86. The minimum atomic E-state index is -0.794. The lowest BCUT2D eigenvalue weighted by molar-refractivity contribution is -0.142. The number of benzene rings is 1. The van der Waals surface area contributed by atoms with Crippen molar-refractivity contribution in [3.63, 3.8) is 0 Å². The van der Waals surface area contributed by atoms with Crippen molar-refractivity contribution in [2.75, 3.05) is 44.2 Å². The predicted molar refractivity (Wildman–Crippen MR) is 144 cm³/mol. The number of aromatic nitrogens is 1. The van der Waals surface area contributed by atoms with E-state index in [1.54, 1.807) is 16.4 Å². The van der Waals surface area contributed by atoms with E-state index < -0.39 is 5.60 Å². The molecule has 3 saturated carbocycles. The van der Waals surface area contributed by atoms with E-state index in [2.05, 4.69) is 34.1 Å². The smallest absolute Gasteiger partial charge is 0.233 e. The van der Waals surface area contributed by atoms with Crippen LogP contribution in [0.25, 0.3) is 10.1 Å². The number of likely N-dealkylation sites (tertiary alicyclic amines) is 1. The number of nitrogens with zero attached hydrogens (tertiary/aromatic N) is 4. The average molecular weight is 523 g/mol. The second kappa shape index (κ2) is 9.02. The average Bonchev–Trinajstić information content (AvgIpc) is 3.62. The van der Waals surface area contributed by atoms with Crippen molar-refractivity contribution >= 4 is 39.3 Å². The summed E-state index contributed by atoms with van der Waals surface area (Å²) in [6.07, 6.45) is 6.22. The van der Waals surface area contributed by atoms with Crippen molar-refractivity contribution in [3.05, 3.63) is 24.3 Å². The molecule has 3 heterocycles. The van der Waals surface area contributed by atoms with Gasteiger partial charge in [-0.1, -0.05) is 25.0 Å². The lowest BCUT2D eigenvalue weighted by Gasteiger charge is -2.40. The third-order valence-electron chi connectivity index (χ3n) is 10.5. The molecule has 2 amide bonds. The maximum Gasteiger partial charge on any atom is 0.233 e. The molecule has 8 heteroatoms. The van der Waals surface area contributed by atoms with Gasteiger partial charge in [-0.3, -0.25) is 19.4 Å². The SMILES string of the molecule is C[C@@]1(O)C[C@H]2C[C@H]1[C@@H]1C(=O)N(C[C@@H]3CCCC[C@H]3CN3CCN(c4nsc5ccccc45)CC3)C(=O)[C@H]21. The fourth-order valence-corrected chi connectivity index (χ4v) is 9.40. The highest BCUT2D eigenvalue weighted by Gasteiger charge is 2.67. The Labute approximate surface area is 223 Å². The van der Waals surface area contributed by atoms with Crippen molar-refractivity contribution in [2.24, 2.45) is 35.5 Å². The number of hydrogen-bond donors (Lipinski definition) is 1. The van der Waals surface area contributed by atoms with Gasteiger partial charge >= 0.3 is 0 Å². The van der Waals surface area contributed by atoms with Gasteiger partial charge in [-0.25, -0.2) is 0 Å². The summed E-state index contributed by atoms with van der Waals surface area (Å²) in [5.41, 5.74) is -0.794. The molecule has 0 spiro atoms. The van der Waals surface area contributed by atoms with Crippen LogP contribution < -0.4 is 4.90 Å². The fourth-order valence-electron chi connectivity index (χ4n) is 8.60. The van der Waals surface area contributed by atoms with Crippen LogP contribution in [0, 0.1) is 35.5 Å². The maximum atomic E-state index is 13.5. The number of piperazine rings is 1. The summed E-state index contributed by atoms with van der Waals surface area (Å²) in [4.78, 5) is 33.5. The zero-order chi connectivity index (χ0) is 25.3. The van der Waals surface area contributed by atoms with Crippen LogP contribution in [0.15, 0.2) is 24.3 Å². The summed E-state index contributed by atoms with van der Waals surface area (Å²) < 4.78 is 6.00. The first-order chi connectivity index (χ1) is 17.9. The third-order valence-corrected chi connectivity index (χ3v) is 11.3. The van der Waals surface area contributed by atoms with Crippen LogP contribution in [-0.2, 0) is 9.59 Å². The molecule has 37 heavy (non-hydrogen) atoms. The number of amides is 2. The Hall–Kier alpha value is -2.03. The van der Waals surface area contributed by atoms with Gasteiger partial charge in [0.2, 0.25) is 11.8 Å². The van der Waals surface area contributed by atoms with Gasteiger partial charge in [0.25, 0.3) is 0 Å². The van der Waals surface area contributed by atoms with E-state index in [4.69, 9.17) is 4.37 Å². The van der Waals surface area contributed by atoms with Crippen molar-refractivity contribution in [2.45, 2.75) is 51.0 Å². The number of carbonyl (C=O) groups is 2. The van der Waals surface area contributed by atoms with Gasteiger partial charge in [-0.05, 0) is 74.0 Å². The molecule has 1 N–H and O–H groups in total. The molecule has 198 valence electrons. The second-order valence-electron chi connectivity index (χ2n) is 12.6. The number of anilines is 1. The van der Waals surface area contributed by atoms with E-state index in [-0.39, 0.29) is 35.5 Å². The molecule has 1 aromatic heterocycles. The molecule has 0 unspecified atom stereocenters. The number of carbonyl (C=O) groups excluding carboxylic acids is 2. The number of aliphatic hydroxyl groups is 1. The van der Waals surface area contributed by atoms with Crippen molar-refractivity contribution in [1.29, 1.82) is 0 Å². The molecule has 7 rings (SSSR count). The summed E-state index contributed by atoms with van der Waals surface area (Å²) in [6.45, 7) is 7.53. The Morgan fingerprint density at radius 2 is 1.70 bits per heavy atom. The molecule has 2 aliphatic heterocycles. The quantitative estimate of drug-likeness (QED) is 0.605. The zero-order valence-corrected chi connectivity index (χ0v) is 22.5. The van der Waals surface area contributed by atoms with E-state index >= 15 is 0 Å². The van der Waals surface area contributed by atoms with Gasteiger partial charge in [0.1, 0.15) is 5.82 Å². The number of imide groups is 1. The summed E-state index contributed by atoms with van der Waals surface area (Å²) in [5, 5.41) is 12.1. The van der Waals surface area contributed by atoms with Crippen molar-refractivity contribution in [3.8, 4) is 0 Å². The van der Waals surface area contributed by atoms with Crippen molar-refractivity contribution < 1.29 is 14.7 Å². The molecule has 5 aliphatic rings. The standard InChI is InChI=1S/C29H38N4O3S/c1-29(36)15-20-14-22(29)25-24(20)27(34)33(28(25)35)17-19-7-3-2-6-18(19)16-31-10-12-32(13-11-31)26-21-8-4-5-9-23(21)37-30-26/h4-5,8-9,18-20,22,24-25,36H,2-3,6-7,10-17H2,1H3/t18-,19-,20+,22-,24+,25-,29+/m0/s1. The molecule has 3 aliphatic carbocycles. The normalized spacial score (nSPS) is 38.2. The third kappa shape index (κ3) is 3.93. The molecule has 7 nitrogen and oxygen atoms in total.